The van der Waals surface area contributed by atoms with Crippen LogP contribution in [0, 0.1) is 0 Å². The molecule has 1 atom stereocenters. The quantitative estimate of drug-likeness (QED) is 0.666. The first-order valence-corrected chi connectivity index (χ1v) is 10.8. The third kappa shape index (κ3) is 4.52. The van der Waals surface area contributed by atoms with E-state index in [2.05, 4.69) is 57.1 Å². The van der Waals surface area contributed by atoms with E-state index in [1.165, 1.54) is 16.7 Å². The first kappa shape index (κ1) is 19.3. The largest absolute Gasteiger partial charge is 0.396 e. The van der Waals surface area contributed by atoms with Gasteiger partial charge in [-0.1, -0.05) is 30.3 Å². The highest BCUT2D eigenvalue weighted by atomic mass is 32.1. The molecule has 1 unspecified atom stereocenters. The maximum atomic E-state index is 9.58. The standard InChI is InChI=1S/C22H28N4OS/c1-24-14-20(22(23-24)19-5-3-2-4-6-19)15-25-9-10-26(21(16-25)7-11-27)13-18-8-12-28-17-18/h2-6,8,12,14,17,21,27H,7,9-11,13,15-16H2,1H3. The van der Waals surface area contributed by atoms with E-state index in [0.29, 0.717) is 6.04 Å². The lowest BCUT2D eigenvalue weighted by Gasteiger charge is -2.41. The number of aromatic nitrogens is 2. The van der Waals surface area contributed by atoms with Gasteiger partial charge in [-0.15, -0.1) is 0 Å². The molecule has 0 bridgehead atoms. The van der Waals surface area contributed by atoms with Crippen molar-refractivity contribution in [3.63, 3.8) is 0 Å². The lowest BCUT2D eigenvalue weighted by Crippen LogP contribution is -2.52. The van der Waals surface area contributed by atoms with Gasteiger partial charge in [0.05, 0.1) is 5.69 Å². The molecular weight excluding hydrogens is 368 g/mol. The van der Waals surface area contributed by atoms with Crippen molar-refractivity contribution >= 4 is 11.3 Å². The van der Waals surface area contributed by atoms with Gasteiger partial charge in [0.1, 0.15) is 0 Å². The molecule has 0 amide bonds. The Morgan fingerprint density at radius 2 is 2.00 bits per heavy atom. The van der Waals surface area contributed by atoms with Crippen LogP contribution in [-0.4, -0.2) is 57.0 Å². The minimum Gasteiger partial charge on any atom is -0.396 e. The van der Waals surface area contributed by atoms with E-state index < -0.39 is 0 Å². The van der Waals surface area contributed by atoms with Crippen LogP contribution in [-0.2, 0) is 20.1 Å². The van der Waals surface area contributed by atoms with Crippen LogP contribution in [0.25, 0.3) is 11.3 Å². The number of aryl methyl sites for hydroxylation is 1. The van der Waals surface area contributed by atoms with E-state index in [1.54, 1.807) is 11.3 Å². The zero-order chi connectivity index (χ0) is 19.3. The predicted molar refractivity (Wildman–Crippen MR) is 114 cm³/mol. The maximum absolute atomic E-state index is 9.58. The first-order valence-electron chi connectivity index (χ1n) is 9.89. The Hall–Kier alpha value is -1.99. The summed E-state index contributed by atoms with van der Waals surface area (Å²) >= 11 is 1.75. The molecular formula is C22H28N4OS. The van der Waals surface area contributed by atoms with Gasteiger partial charge in [0.2, 0.25) is 0 Å². The molecule has 1 aliphatic heterocycles. The highest BCUT2D eigenvalue weighted by Crippen LogP contribution is 2.25. The molecule has 4 rings (SSSR count). The fourth-order valence-electron chi connectivity index (χ4n) is 4.08. The van der Waals surface area contributed by atoms with Crippen molar-refractivity contribution in [3.05, 3.63) is 64.5 Å². The van der Waals surface area contributed by atoms with Crippen LogP contribution in [0.5, 0.6) is 0 Å². The molecule has 1 saturated heterocycles. The Kier molecular flexibility index (Phi) is 6.22. The molecule has 5 nitrogen and oxygen atoms in total. The molecule has 1 aromatic carbocycles. The van der Waals surface area contributed by atoms with Gasteiger partial charge in [-0.25, -0.2) is 0 Å². The number of piperazine rings is 1. The molecule has 0 aliphatic carbocycles. The molecule has 3 aromatic rings. The Labute approximate surface area is 170 Å². The summed E-state index contributed by atoms with van der Waals surface area (Å²) < 4.78 is 1.91. The van der Waals surface area contributed by atoms with Crippen molar-refractivity contribution in [1.82, 2.24) is 19.6 Å². The Balaban J connectivity index is 1.46. The molecule has 6 heteroatoms. The normalized spacial score (nSPS) is 18.6. The summed E-state index contributed by atoms with van der Waals surface area (Å²) in [5.74, 6) is 0. The van der Waals surface area contributed by atoms with Gasteiger partial charge in [-0.05, 0) is 28.8 Å². The van der Waals surface area contributed by atoms with Crippen molar-refractivity contribution in [3.8, 4) is 11.3 Å². The van der Waals surface area contributed by atoms with Crippen LogP contribution in [0.4, 0.5) is 0 Å². The topological polar surface area (TPSA) is 44.5 Å². The second kappa shape index (κ2) is 9.01. The lowest BCUT2D eigenvalue weighted by atomic mass is 10.0. The molecule has 1 N–H and O–H groups in total. The van der Waals surface area contributed by atoms with Gasteiger partial charge in [0.15, 0.2) is 0 Å². The van der Waals surface area contributed by atoms with E-state index in [0.717, 1.165) is 44.8 Å². The van der Waals surface area contributed by atoms with Crippen molar-refractivity contribution < 1.29 is 5.11 Å². The zero-order valence-electron chi connectivity index (χ0n) is 16.4. The van der Waals surface area contributed by atoms with Crippen LogP contribution >= 0.6 is 11.3 Å². The Morgan fingerprint density at radius 1 is 1.14 bits per heavy atom. The molecule has 2 aromatic heterocycles. The molecule has 148 valence electrons. The fraction of sp³-hybridized carbons (Fsp3) is 0.409. The molecule has 0 saturated carbocycles. The van der Waals surface area contributed by atoms with Crippen LogP contribution in [0.2, 0.25) is 0 Å². The number of nitrogens with zero attached hydrogens (tertiary/aromatic N) is 4. The van der Waals surface area contributed by atoms with Crippen molar-refractivity contribution in [2.45, 2.75) is 25.6 Å². The molecule has 1 fully saturated rings. The van der Waals surface area contributed by atoms with Crippen molar-refractivity contribution in [2.24, 2.45) is 7.05 Å². The average molecular weight is 397 g/mol. The summed E-state index contributed by atoms with van der Waals surface area (Å²) in [5.41, 5.74) is 4.88. The number of thiophene rings is 1. The van der Waals surface area contributed by atoms with E-state index in [1.807, 2.05) is 17.8 Å². The summed E-state index contributed by atoms with van der Waals surface area (Å²) in [4.78, 5) is 5.03. The van der Waals surface area contributed by atoms with Gasteiger partial charge >= 0.3 is 0 Å². The van der Waals surface area contributed by atoms with Gasteiger partial charge in [-0.2, -0.15) is 16.4 Å². The van der Waals surface area contributed by atoms with Crippen LogP contribution in [0.1, 0.15) is 17.5 Å². The summed E-state index contributed by atoms with van der Waals surface area (Å²) in [6, 6.07) is 13.0. The van der Waals surface area contributed by atoms with Crippen LogP contribution in [0.3, 0.4) is 0 Å². The third-order valence-electron chi connectivity index (χ3n) is 5.46. The van der Waals surface area contributed by atoms with Gasteiger partial charge in [0, 0.05) is 69.7 Å². The van der Waals surface area contributed by atoms with Gasteiger partial charge < -0.3 is 5.11 Å². The van der Waals surface area contributed by atoms with E-state index in [9.17, 15) is 5.11 Å². The van der Waals surface area contributed by atoms with Gasteiger partial charge in [-0.3, -0.25) is 14.5 Å². The zero-order valence-corrected chi connectivity index (χ0v) is 17.2. The number of aliphatic hydroxyl groups is 1. The molecule has 0 spiro atoms. The lowest BCUT2D eigenvalue weighted by molar-refractivity contribution is 0.0501. The second-order valence-electron chi connectivity index (χ2n) is 7.55. The number of aliphatic hydroxyl groups excluding tert-OH is 1. The SMILES string of the molecule is Cn1cc(CN2CCN(Cc3ccsc3)C(CCO)C2)c(-c2ccccc2)n1. The van der Waals surface area contributed by atoms with E-state index in [-0.39, 0.29) is 6.61 Å². The van der Waals surface area contributed by atoms with Crippen LogP contribution in [0.15, 0.2) is 53.4 Å². The number of rotatable bonds is 7. The number of hydrogen-bond acceptors (Lipinski definition) is 5. The molecule has 0 radical (unpaired) electrons. The Bertz CT molecular complexity index is 862. The molecule has 3 heterocycles. The van der Waals surface area contributed by atoms with E-state index in [4.69, 9.17) is 5.10 Å². The molecule has 1 aliphatic rings. The number of hydrogen-bond donors (Lipinski definition) is 1. The smallest absolute Gasteiger partial charge is 0.0968 e. The van der Waals surface area contributed by atoms with Crippen molar-refractivity contribution in [2.75, 3.05) is 26.2 Å². The minimum atomic E-state index is 0.237. The summed E-state index contributed by atoms with van der Waals surface area (Å²) in [6.07, 6.45) is 2.96. The van der Waals surface area contributed by atoms with Gasteiger partial charge in [0.25, 0.3) is 0 Å². The average Bonchev–Trinajstić information content (AvgIpc) is 3.34. The minimum absolute atomic E-state index is 0.237. The predicted octanol–water partition coefficient (Wildman–Crippen LogP) is 3.22. The van der Waals surface area contributed by atoms with Crippen LogP contribution < -0.4 is 0 Å². The fourth-order valence-corrected chi connectivity index (χ4v) is 4.74. The highest BCUT2D eigenvalue weighted by molar-refractivity contribution is 7.07. The Morgan fingerprint density at radius 3 is 2.75 bits per heavy atom. The maximum Gasteiger partial charge on any atom is 0.0968 e. The second-order valence-corrected chi connectivity index (χ2v) is 8.33. The monoisotopic (exact) mass is 396 g/mol. The summed E-state index contributed by atoms with van der Waals surface area (Å²) in [7, 11) is 1.99. The van der Waals surface area contributed by atoms with Crippen molar-refractivity contribution in [1.29, 1.82) is 0 Å². The number of benzene rings is 1. The first-order chi connectivity index (χ1) is 13.7. The third-order valence-corrected chi connectivity index (χ3v) is 6.19. The summed E-state index contributed by atoms with van der Waals surface area (Å²) in [6.45, 7) is 5.15. The van der Waals surface area contributed by atoms with E-state index >= 15 is 0 Å². The highest BCUT2D eigenvalue weighted by Gasteiger charge is 2.27. The molecule has 28 heavy (non-hydrogen) atoms. The summed E-state index contributed by atoms with van der Waals surface area (Å²) in [5, 5.41) is 18.7.